The van der Waals surface area contributed by atoms with Gasteiger partial charge < -0.3 is 14.8 Å². The molecular weight excluding hydrogens is 314 g/mol. The van der Waals surface area contributed by atoms with Gasteiger partial charge >= 0.3 is 0 Å². The van der Waals surface area contributed by atoms with Crippen LogP contribution in [0.5, 0.6) is 5.75 Å². The number of carbonyl (C=O) groups is 1. The minimum absolute atomic E-state index is 0.252. The Hall–Kier alpha value is -2.04. The number of benzene rings is 2. The van der Waals surface area contributed by atoms with Crippen LogP contribution in [0.4, 0.5) is 0 Å². The highest BCUT2D eigenvalue weighted by molar-refractivity contribution is 6.31. The molecule has 0 heterocycles. The predicted molar refractivity (Wildman–Crippen MR) is 90.8 cm³/mol. The lowest BCUT2D eigenvalue weighted by atomic mass is 10.0. The summed E-state index contributed by atoms with van der Waals surface area (Å²) in [5.74, 6) is 0.546. The van der Waals surface area contributed by atoms with E-state index in [1.807, 2.05) is 43.3 Å². The molecule has 0 fully saturated rings. The Kier molecular flexibility index (Phi) is 6.02. The Balaban J connectivity index is 2.30. The summed E-state index contributed by atoms with van der Waals surface area (Å²) in [5, 5.41) is 3.07. The molecule has 0 saturated heterocycles. The third-order valence-electron chi connectivity index (χ3n) is 3.60. The normalized spacial score (nSPS) is 11.8. The second-order valence-electron chi connectivity index (χ2n) is 5.10. The van der Waals surface area contributed by atoms with Crippen molar-refractivity contribution in [2.75, 3.05) is 14.2 Å². The van der Waals surface area contributed by atoms with E-state index >= 15 is 0 Å². The van der Waals surface area contributed by atoms with Crippen LogP contribution in [0.15, 0.2) is 42.5 Å². The van der Waals surface area contributed by atoms with Gasteiger partial charge in [-0.3, -0.25) is 4.79 Å². The number of methoxy groups -OCH3 is 1. The molecule has 0 aliphatic rings. The maximum absolute atomic E-state index is 12.0. The number of aryl methyl sites for hydroxylation is 1. The second-order valence-corrected chi connectivity index (χ2v) is 5.50. The summed E-state index contributed by atoms with van der Waals surface area (Å²) in [7, 11) is 3.05. The number of para-hydroxylation sites is 1. The van der Waals surface area contributed by atoms with Crippen molar-refractivity contribution in [3.63, 3.8) is 0 Å². The fraction of sp³-hybridized carbons (Fsp3) is 0.278. The molecule has 5 heteroatoms. The Bertz CT molecular complexity index is 688. The van der Waals surface area contributed by atoms with Crippen LogP contribution < -0.4 is 10.1 Å². The Morgan fingerprint density at radius 2 is 1.96 bits per heavy atom. The highest BCUT2D eigenvalue weighted by atomic mass is 35.5. The van der Waals surface area contributed by atoms with Crippen molar-refractivity contribution in [1.82, 2.24) is 5.32 Å². The third kappa shape index (κ3) is 4.03. The minimum Gasteiger partial charge on any atom is -0.489 e. The Labute approximate surface area is 141 Å². The van der Waals surface area contributed by atoms with Gasteiger partial charge in [0.15, 0.2) is 6.10 Å². The molecular formula is C18H20ClNO3. The van der Waals surface area contributed by atoms with E-state index in [0.717, 1.165) is 16.9 Å². The first-order valence-corrected chi connectivity index (χ1v) is 7.66. The second kappa shape index (κ2) is 7.99. The minimum atomic E-state index is -0.774. The first-order chi connectivity index (χ1) is 11.1. The first kappa shape index (κ1) is 17.3. The molecule has 0 spiro atoms. The van der Waals surface area contributed by atoms with Gasteiger partial charge in [-0.15, -0.1) is 0 Å². The van der Waals surface area contributed by atoms with Gasteiger partial charge in [-0.05, 0) is 30.2 Å². The molecule has 0 aromatic heterocycles. The van der Waals surface area contributed by atoms with Crippen molar-refractivity contribution < 1.29 is 14.3 Å². The highest BCUT2D eigenvalue weighted by Gasteiger charge is 2.24. The highest BCUT2D eigenvalue weighted by Crippen LogP contribution is 2.30. The van der Waals surface area contributed by atoms with Crippen molar-refractivity contribution in [2.45, 2.75) is 19.6 Å². The number of hydrogen-bond acceptors (Lipinski definition) is 3. The van der Waals surface area contributed by atoms with E-state index in [1.54, 1.807) is 13.1 Å². The summed E-state index contributed by atoms with van der Waals surface area (Å²) in [6.07, 6.45) is -0.774. The predicted octanol–water partition coefficient (Wildman–Crippen LogP) is 3.66. The van der Waals surface area contributed by atoms with Crippen molar-refractivity contribution in [1.29, 1.82) is 0 Å². The summed E-state index contributed by atoms with van der Waals surface area (Å²) in [6, 6.07) is 13.2. The monoisotopic (exact) mass is 333 g/mol. The molecule has 0 radical (unpaired) electrons. The number of nitrogens with one attached hydrogen (secondary N) is 1. The fourth-order valence-corrected chi connectivity index (χ4v) is 2.66. The topological polar surface area (TPSA) is 47.6 Å². The van der Waals surface area contributed by atoms with Gasteiger partial charge in [0.25, 0.3) is 5.91 Å². The average molecular weight is 334 g/mol. The lowest BCUT2D eigenvalue weighted by Gasteiger charge is -2.20. The number of carbonyl (C=O) groups excluding carboxylic acids is 1. The quantitative estimate of drug-likeness (QED) is 0.877. The molecule has 2 aromatic rings. The lowest BCUT2D eigenvalue weighted by molar-refractivity contribution is -0.130. The van der Waals surface area contributed by atoms with Crippen LogP contribution in [-0.2, 0) is 16.1 Å². The standard InChI is InChI=1S/C18H20ClNO3/c1-12-7-4-5-10-15(12)23-11-13-8-6-9-14(19)16(13)17(22-3)18(21)20-2/h4-10,17H,11H2,1-3H3,(H,20,21). The summed E-state index contributed by atoms with van der Waals surface area (Å²) in [6.45, 7) is 2.29. The SMILES string of the molecule is CNC(=O)C(OC)c1c(Cl)cccc1COc1ccccc1C. The number of hydrogen-bond donors (Lipinski definition) is 1. The zero-order chi connectivity index (χ0) is 16.8. The van der Waals surface area contributed by atoms with Gasteiger partial charge in [-0.2, -0.15) is 0 Å². The summed E-state index contributed by atoms with van der Waals surface area (Å²) in [5.41, 5.74) is 2.49. The van der Waals surface area contributed by atoms with Crippen LogP contribution in [0, 0.1) is 6.92 Å². The summed E-state index contributed by atoms with van der Waals surface area (Å²) in [4.78, 5) is 12.0. The molecule has 2 rings (SSSR count). The summed E-state index contributed by atoms with van der Waals surface area (Å²) >= 11 is 6.30. The Morgan fingerprint density at radius 1 is 1.22 bits per heavy atom. The van der Waals surface area contributed by atoms with Crippen LogP contribution in [0.1, 0.15) is 22.8 Å². The van der Waals surface area contributed by atoms with Crippen LogP contribution in [-0.4, -0.2) is 20.1 Å². The molecule has 122 valence electrons. The van der Waals surface area contributed by atoms with Crippen molar-refractivity contribution in [2.24, 2.45) is 0 Å². The molecule has 0 aliphatic carbocycles. The molecule has 23 heavy (non-hydrogen) atoms. The van der Waals surface area contributed by atoms with Gasteiger partial charge in [-0.1, -0.05) is 41.9 Å². The van der Waals surface area contributed by atoms with Gasteiger partial charge in [0.05, 0.1) is 0 Å². The molecule has 0 bridgehead atoms. The number of rotatable bonds is 6. The Morgan fingerprint density at radius 3 is 2.61 bits per heavy atom. The maximum Gasteiger partial charge on any atom is 0.253 e. The van der Waals surface area contributed by atoms with Gasteiger partial charge in [0.1, 0.15) is 12.4 Å². The van der Waals surface area contributed by atoms with Gasteiger partial charge in [-0.25, -0.2) is 0 Å². The molecule has 2 aromatic carbocycles. The van der Waals surface area contributed by atoms with E-state index in [1.165, 1.54) is 7.11 Å². The molecule has 0 aliphatic heterocycles. The number of likely N-dealkylation sites (N-methyl/N-ethyl adjacent to an activating group) is 1. The summed E-state index contributed by atoms with van der Waals surface area (Å²) < 4.78 is 11.2. The zero-order valence-corrected chi connectivity index (χ0v) is 14.2. The molecule has 4 nitrogen and oxygen atoms in total. The largest absolute Gasteiger partial charge is 0.489 e. The zero-order valence-electron chi connectivity index (χ0n) is 13.4. The van der Waals surface area contributed by atoms with Crippen molar-refractivity contribution in [3.8, 4) is 5.75 Å². The van der Waals surface area contributed by atoms with E-state index < -0.39 is 6.10 Å². The molecule has 0 saturated carbocycles. The smallest absolute Gasteiger partial charge is 0.253 e. The van der Waals surface area contributed by atoms with Gasteiger partial charge in [0.2, 0.25) is 0 Å². The van der Waals surface area contributed by atoms with Crippen molar-refractivity contribution >= 4 is 17.5 Å². The van der Waals surface area contributed by atoms with Crippen LogP contribution in [0.3, 0.4) is 0 Å². The molecule has 1 atom stereocenters. The van der Waals surface area contributed by atoms with Gasteiger partial charge in [0, 0.05) is 24.7 Å². The molecule has 1 unspecified atom stereocenters. The average Bonchev–Trinajstić information content (AvgIpc) is 2.56. The van der Waals surface area contributed by atoms with E-state index in [-0.39, 0.29) is 5.91 Å². The van der Waals surface area contributed by atoms with E-state index in [0.29, 0.717) is 17.2 Å². The van der Waals surface area contributed by atoms with E-state index in [4.69, 9.17) is 21.1 Å². The maximum atomic E-state index is 12.0. The third-order valence-corrected chi connectivity index (χ3v) is 3.93. The molecule has 1 N–H and O–H groups in total. The van der Waals surface area contributed by atoms with Crippen LogP contribution in [0.2, 0.25) is 5.02 Å². The fourth-order valence-electron chi connectivity index (χ4n) is 2.36. The van der Waals surface area contributed by atoms with Crippen molar-refractivity contribution in [3.05, 3.63) is 64.2 Å². The number of ether oxygens (including phenoxy) is 2. The van der Waals surface area contributed by atoms with E-state index in [2.05, 4.69) is 5.32 Å². The first-order valence-electron chi connectivity index (χ1n) is 7.28. The number of halogens is 1. The number of amides is 1. The molecule has 1 amide bonds. The van der Waals surface area contributed by atoms with Crippen LogP contribution in [0.25, 0.3) is 0 Å². The van der Waals surface area contributed by atoms with E-state index in [9.17, 15) is 4.79 Å². The van der Waals surface area contributed by atoms with Crippen LogP contribution >= 0.6 is 11.6 Å². The lowest BCUT2D eigenvalue weighted by Crippen LogP contribution is -2.28.